The van der Waals surface area contributed by atoms with Gasteiger partial charge >= 0.3 is 0 Å². The monoisotopic (exact) mass is 525 g/mol. The fourth-order valence-electron chi connectivity index (χ4n) is 2.24. The molecular formula is C21H24IN3O3S. The number of amides is 2. The number of thiocarbonyl (C=S) groups is 1. The number of rotatable bonds is 6. The van der Waals surface area contributed by atoms with E-state index in [0.717, 1.165) is 15.6 Å². The number of hydrogen-bond acceptors (Lipinski definition) is 4. The standard InChI is InChI=1S/C21H24IN3O3S/c1-13(2)10-11-28-17-8-6-15(7-9-17)20(27)24-25-21(29)23-19(26)16-5-4-14(3)18(22)12-16/h4-9,12-13H,10-11H2,1-3H3,(H,24,27)(H2,23,25,26,29). The maximum absolute atomic E-state index is 12.2. The van der Waals surface area contributed by atoms with Crippen LogP contribution in [0.4, 0.5) is 0 Å². The average molecular weight is 525 g/mol. The highest BCUT2D eigenvalue weighted by molar-refractivity contribution is 14.1. The molecule has 0 bridgehead atoms. The van der Waals surface area contributed by atoms with Crippen LogP contribution in [0.1, 0.15) is 46.5 Å². The lowest BCUT2D eigenvalue weighted by Crippen LogP contribution is -2.48. The molecule has 0 spiro atoms. The minimum Gasteiger partial charge on any atom is -0.494 e. The molecule has 0 aliphatic rings. The minimum atomic E-state index is -0.375. The van der Waals surface area contributed by atoms with Gasteiger partial charge in [0.15, 0.2) is 5.11 Å². The summed E-state index contributed by atoms with van der Waals surface area (Å²) in [5, 5.41) is 2.54. The van der Waals surface area contributed by atoms with Crippen LogP contribution in [0.15, 0.2) is 42.5 Å². The molecule has 0 fully saturated rings. The molecule has 2 aromatic rings. The quantitative estimate of drug-likeness (QED) is 0.302. The molecule has 2 amide bonds. The Morgan fingerprint density at radius 3 is 2.31 bits per heavy atom. The van der Waals surface area contributed by atoms with Crippen molar-refractivity contribution in [2.45, 2.75) is 27.2 Å². The van der Waals surface area contributed by atoms with Crippen LogP contribution in [0.25, 0.3) is 0 Å². The molecule has 0 saturated carbocycles. The van der Waals surface area contributed by atoms with E-state index in [4.69, 9.17) is 17.0 Å². The first-order valence-corrected chi connectivity index (χ1v) is 10.7. The summed E-state index contributed by atoms with van der Waals surface area (Å²) in [5.74, 6) is 0.563. The van der Waals surface area contributed by atoms with Crippen molar-refractivity contribution in [3.63, 3.8) is 0 Å². The van der Waals surface area contributed by atoms with Gasteiger partial charge in [-0.2, -0.15) is 0 Å². The van der Waals surface area contributed by atoms with Crippen LogP contribution in [-0.4, -0.2) is 23.5 Å². The molecule has 3 N–H and O–H groups in total. The Labute approximate surface area is 189 Å². The molecule has 0 aliphatic carbocycles. The Balaban J connectivity index is 1.81. The molecule has 29 heavy (non-hydrogen) atoms. The van der Waals surface area contributed by atoms with Gasteiger partial charge in [0.05, 0.1) is 6.61 Å². The molecular weight excluding hydrogens is 501 g/mol. The highest BCUT2D eigenvalue weighted by Crippen LogP contribution is 2.14. The van der Waals surface area contributed by atoms with Crippen molar-refractivity contribution >= 4 is 51.7 Å². The van der Waals surface area contributed by atoms with Gasteiger partial charge in [-0.15, -0.1) is 0 Å². The van der Waals surface area contributed by atoms with Gasteiger partial charge < -0.3 is 4.74 Å². The summed E-state index contributed by atoms with van der Waals surface area (Å²) >= 11 is 7.23. The first-order chi connectivity index (χ1) is 13.8. The van der Waals surface area contributed by atoms with Gasteiger partial charge in [-0.25, -0.2) is 0 Å². The first kappa shape index (κ1) is 23.1. The van der Waals surface area contributed by atoms with Crippen LogP contribution in [0.2, 0.25) is 0 Å². The van der Waals surface area contributed by atoms with Gasteiger partial charge in [-0.1, -0.05) is 19.9 Å². The van der Waals surface area contributed by atoms with E-state index < -0.39 is 0 Å². The summed E-state index contributed by atoms with van der Waals surface area (Å²) in [5.41, 5.74) is 7.02. The summed E-state index contributed by atoms with van der Waals surface area (Å²) in [4.78, 5) is 24.4. The van der Waals surface area contributed by atoms with E-state index in [0.29, 0.717) is 29.4 Å². The number of carbonyl (C=O) groups is 2. The highest BCUT2D eigenvalue weighted by Gasteiger charge is 2.11. The van der Waals surface area contributed by atoms with Crippen molar-refractivity contribution in [3.05, 3.63) is 62.7 Å². The molecule has 0 unspecified atom stereocenters. The zero-order chi connectivity index (χ0) is 21.4. The normalized spacial score (nSPS) is 10.4. The SMILES string of the molecule is Cc1ccc(C(=O)NC(=S)NNC(=O)c2ccc(OCCC(C)C)cc2)cc1I. The molecule has 0 aliphatic heterocycles. The second kappa shape index (κ2) is 11.1. The van der Waals surface area contributed by atoms with Crippen LogP contribution in [-0.2, 0) is 0 Å². The van der Waals surface area contributed by atoms with E-state index >= 15 is 0 Å². The van der Waals surface area contributed by atoms with Crippen molar-refractivity contribution < 1.29 is 14.3 Å². The molecule has 6 nitrogen and oxygen atoms in total. The average Bonchev–Trinajstić information content (AvgIpc) is 2.68. The van der Waals surface area contributed by atoms with Gasteiger partial charge in [0.2, 0.25) is 0 Å². The van der Waals surface area contributed by atoms with Crippen molar-refractivity contribution in [3.8, 4) is 5.75 Å². The second-order valence-electron chi connectivity index (χ2n) is 6.88. The van der Waals surface area contributed by atoms with Crippen LogP contribution < -0.4 is 20.9 Å². The zero-order valence-electron chi connectivity index (χ0n) is 16.5. The molecule has 2 aromatic carbocycles. The summed E-state index contributed by atoms with van der Waals surface area (Å²) in [6, 6.07) is 12.2. The van der Waals surface area contributed by atoms with Gasteiger partial charge in [-0.3, -0.25) is 25.8 Å². The van der Waals surface area contributed by atoms with E-state index in [2.05, 4.69) is 52.6 Å². The topological polar surface area (TPSA) is 79.5 Å². The third-order valence-corrected chi connectivity index (χ3v) is 5.40. The van der Waals surface area contributed by atoms with Crippen LogP contribution in [0, 0.1) is 16.4 Å². The Morgan fingerprint density at radius 1 is 1.03 bits per heavy atom. The molecule has 2 rings (SSSR count). The molecule has 8 heteroatoms. The van der Waals surface area contributed by atoms with Crippen molar-refractivity contribution in [2.24, 2.45) is 5.92 Å². The number of halogens is 1. The van der Waals surface area contributed by atoms with E-state index in [1.165, 1.54) is 0 Å². The molecule has 154 valence electrons. The largest absolute Gasteiger partial charge is 0.494 e. The number of carbonyl (C=O) groups excluding carboxylic acids is 2. The summed E-state index contributed by atoms with van der Waals surface area (Å²) in [7, 11) is 0. The van der Waals surface area contributed by atoms with Crippen LogP contribution in [0.3, 0.4) is 0 Å². The second-order valence-corrected chi connectivity index (χ2v) is 8.45. The highest BCUT2D eigenvalue weighted by atomic mass is 127. The molecule has 0 aromatic heterocycles. The number of benzene rings is 2. The van der Waals surface area contributed by atoms with E-state index in [-0.39, 0.29) is 16.9 Å². The summed E-state index contributed by atoms with van der Waals surface area (Å²) < 4.78 is 6.62. The zero-order valence-corrected chi connectivity index (χ0v) is 19.5. The lowest BCUT2D eigenvalue weighted by atomic mass is 10.1. The Hall–Kier alpha value is -2.20. The van der Waals surface area contributed by atoms with Crippen molar-refractivity contribution in [1.82, 2.24) is 16.2 Å². The van der Waals surface area contributed by atoms with E-state index in [9.17, 15) is 9.59 Å². The number of ether oxygens (including phenoxy) is 1. The van der Waals surface area contributed by atoms with Gasteiger partial charge in [0, 0.05) is 14.7 Å². The van der Waals surface area contributed by atoms with E-state index in [1.807, 2.05) is 13.0 Å². The molecule has 0 radical (unpaired) electrons. The Bertz CT molecular complexity index is 885. The Morgan fingerprint density at radius 2 is 1.69 bits per heavy atom. The maximum Gasteiger partial charge on any atom is 0.269 e. The maximum atomic E-state index is 12.2. The van der Waals surface area contributed by atoms with Crippen LogP contribution in [0.5, 0.6) is 5.75 Å². The fraction of sp³-hybridized carbons (Fsp3) is 0.286. The lowest BCUT2D eigenvalue weighted by Gasteiger charge is -2.12. The minimum absolute atomic E-state index is 0.00701. The number of nitrogens with one attached hydrogen (secondary N) is 3. The number of aryl methyl sites for hydroxylation is 1. The van der Waals surface area contributed by atoms with Gasteiger partial charge in [-0.05, 0) is 96.0 Å². The molecule has 0 heterocycles. The van der Waals surface area contributed by atoms with Crippen molar-refractivity contribution in [1.29, 1.82) is 0 Å². The number of hydrazine groups is 1. The Kier molecular flexibility index (Phi) is 8.84. The molecule has 0 atom stereocenters. The fourth-order valence-corrected chi connectivity index (χ4v) is 2.90. The smallest absolute Gasteiger partial charge is 0.269 e. The third-order valence-electron chi connectivity index (χ3n) is 4.03. The summed E-state index contributed by atoms with van der Waals surface area (Å²) in [6.07, 6.45) is 0.969. The lowest BCUT2D eigenvalue weighted by molar-refractivity contribution is 0.0934. The third kappa shape index (κ3) is 7.62. The molecule has 0 saturated heterocycles. The predicted molar refractivity (Wildman–Crippen MR) is 126 cm³/mol. The summed E-state index contributed by atoms with van der Waals surface area (Å²) in [6.45, 7) is 6.88. The van der Waals surface area contributed by atoms with Crippen molar-refractivity contribution in [2.75, 3.05) is 6.61 Å². The van der Waals surface area contributed by atoms with Gasteiger partial charge in [0.25, 0.3) is 11.8 Å². The van der Waals surface area contributed by atoms with E-state index in [1.54, 1.807) is 36.4 Å². The van der Waals surface area contributed by atoms with Gasteiger partial charge in [0.1, 0.15) is 5.75 Å². The van der Waals surface area contributed by atoms with Crippen LogP contribution >= 0.6 is 34.8 Å². The predicted octanol–water partition coefficient (Wildman–Crippen LogP) is 3.97. The first-order valence-electron chi connectivity index (χ1n) is 9.17. The number of hydrogen-bond donors (Lipinski definition) is 3.